The van der Waals surface area contributed by atoms with Crippen molar-refractivity contribution in [1.29, 1.82) is 0 Å². The van der Waals surface area contributed by atoms with Gasteiger partial charge in [-0.05, 0) is 31.9 Å². The first-order valence-electron chi connectivity index (χ1n) is 7.97. The molecule has 0 aliphatic heterocycles. The van der Waals surface area contributed by atoms with Crippen molar-refractivity contribution in [3.05, 3.63) is 30.3 Å². The van der Waals surface area contributed by atoms with Gasteiger partial charge in [-0.15, -0.1) is 11.8 Å². The molecule has 1 fully saturated rings. The molecule has 4 heteroatoms. The number of nitrogens with one attached hydrogen (secondary N) is 2. The van der Waals surface area contributed by atoms with Crippen molar-refractivity contribution < 1.29 is 4.79 Å². The fourth-order valence-corrected chi connectivity index (χ4v) is 3.43. The van der Waals surface area contributed by atoms with Crippen molar-refractivity contribution in [3.63, 3.8) is 0 Å². The summed E-state index contributed by atoms with van der Waals surface area (Å²) in [5.41, 5.74) is 0. The molecule has 21 heavy (non-hydrogen) atoms. The average molecular weight is 306 g/mol. The SMILES string of the molecule is CC(NCCSc1ccccc1)C(=O)NC1CCCCC1. The van der Waals surface area contributed by atoms with Crippen molar-refractivity contribution in [3.8, 4) is 0 Å². The number of benzene rings is 1. The van der Waals surface area contributed by atoms with Gasteiger partial charge in [0.05, 0.1) is 6.04 Å². The first-order valence-corrected chi connectivity index (χ1v) is 8.96. The average Bonchev–Trinajstić information content (AvgIpc) is 2.53. The summed E-state index contributed by atoms with van der Waals surface area (Å²) in [5, 5.41) is 6.48. The molecule has 0 radical (unpaired) electrons. The molecule has 1 aliphatic carbocycles. The number of hydrogen-bond acceptors (Lipinski definition) is 3. The molecule has 2 rings (SSSR count). The minimum atomic E-state index is -0.108. The zero-order valence-electron chi connectivity index (χ0n) is 12.8. The molecule has 2 N–H and O–H groups in total. The molecule has 1 aromatic rings. The molecule has 1 unspecified atom stereocenters. The first-order chi connectivity index (χ1) is 10.3. The van der Waals surface area contributed by atoms with Crippen LogP contribution in [0.4, 0.5) is 0 Å². The van der Waals surface area contributed by atoms with E-state index in [9.17, 15) is 4.79 Å². The second kappa shape index (κ2) is 9.11. The zero-order chi connectivity index (χ0) is 14.9. The van der Waals surface area contributed by atoms with Gasteiger partial charge < -0.3 is 10.6 Å². The molecule has 1 aromatic carbocycles. The van der Waals surface area contributed by atoms with Crippen molar-refractivity contribution in [1.82, 2.24) is 10.6 Å². The molecule has 1 saturated carbocycles. The van der Waals surface area contributed by atoms with Gasteiger partial charge in [0, 0.05) is 23.2 Å². The lowest BCUT2D eigenvalue weighted by Gasteiger charge is -2.24. The van der Waals surface area contributed by atoms with E-state index in [1.165, 1.54) is 24.2 Å². The number of thioether (sulfide) groups is 1. The maximum Gasteiger partial charge on any atom is 0.237 e. The molecule has 0 spiro atoms. The molecule has 0 aromatic heterocycles. The Morgan fingerprint density at radius 2 is 1.95 bits per heavy atom. The largest absolute Gasteiger partial charge is 0.352 e. The summed E-state index contributed by atoms with van der Waals surface area (Å²) in [7, 11) is 0. The van der Waals surface area contributed by atoms with Crippen LogP contribution in [-0.4, -0.2) is 30.3 Å². The van der Waals surface area contributed by atoms with E-state index in [4.69, 9.17) is 0 Å². The van der Waals surface area contributed by atoms with Gasteiger partial charge in [0.1, 0.15) is 0 Å². The number of carbonyl (C=O) groups is 1. The van der Waals surface area contributed by atoms with E-state index >= 15 is 0 Å². The molecule has 1 atom stereocenters. The van der Waals surface area contributed by atoms with E-state index in [-0.39, 0.29) is 11.9 Å². The third-order valence-electron chi connectivity index (χ3n) is 3.91. The van der Waals surface area contributed by atoms with Crippen LogP contribution in [0, 0.1) is 0 Å². The third kappa shape index (κ3) is 6.10. The summed E-state index contributed by atoms with van der Waals surface area (Å²) < 4.78 is 0. The zero-order valence-corrected chi connectivity index (χ0v) is 13.6. The summed E-state index contributed by atoms with van der Waals surface area (Å²) in [6.45, 7) is 2.80. The van der Waals surface area contributed by atoms with Gasteiger partial charge >= 0.3 is 0 Å². The Labute approximate surface area is 132 Å². The van der Waals surface area contributed by atoms with Gasteiger partial charge in [-0.25, -0.2) is 0 Å². The van der Waals surface area contributed by atoms with Crippen LogP contribution in [0.1, 0.15) is 39.0 Å². The lowest BCUT2D eigenvalue weighted by molar-refractivity contribution is -0.123. The predicted molar refractivity (Wildman–Crippen MR) is 89.6 cm³/mol. The molecule has 1 amide bonds. The van der Waals surface area contributed by atoms with Gasteiger partial charge in [-0.3, -0.25) is 4.79 Å². The van der Waals surface area contributed by atoms with Crippen LogP contribution in [0.5, 0.6) is 0 Å². The summed E-state index contributed by atoms with van der Waals surface area (Å²) in [6, 6.07) is 10.7. The van der Waals surface area contributed by atoms with Gasteiger partial charge in [0.2, 0.25) is 5.91 Å². The molecule has 3 nitrogen and oxygen atoms in total. The third-order valence-corrected chi connectivity index (χ3v) is 4.92. The van der Waals surface area contributed by atoms with E-state index < -0.39 is 0 Å². The van der Waals surface area contributed by atoms with Crippen LogP contribution in [-0.2, 0) is 4.79 Å². The Balaban J connectivity index is 1.60. The first kappa shape index (κ1) is 16.4. The van der Waals surface area contributed by atoms with E-state index in [1.807, 2.05) is 24.8 Å². The van der Waals surface area contributed by atoms with E-state index in [2.05, 4.69) is 34.9 Å². The minimum absolute atomic E-state index is 0.108. The minimum Gasteiger partial charge on any atom is -0.352 e. The van der Waals surface area contributed by atoms with Crippen LogP contribution >= 0.6 is 11.8 Å². The second-order valence-corrected chi connectivity index (χ2v) is 6.85. The smallest absolute Gasteiger partial charge is 0.237 e. The highest BCUT2D eigenvalue weighted by Gasteiger charge is 2.18. The van der Waals surface area contributed by atoms with Crippen LogP contribution in [0.15, 0.2) is 35.2 Å². The van der Waals surface area contributed by atoms with E-state index in [0.717, 1.165) is 25.1 Å². The summed E-state index contributed by atoms with van der Waals surface area (Å²) in [5.74, 6) is 1.12. The monoisotopic (exact) mass is 306 g/mol. The van der Waals surface area contributed by atoms with Crippen molar-refractivity contribution in [2.24, 2.45) is 0 Å². The van der Waals surface area contributed by atoms with Gasteiger partial charge in [-0.1, -0.05) is 37.5 Å². The lowest BCUT2D eigenvalue weighted by atomic mass is 9.95. The molecular weight excluding hydrogens is 280 g/mol. The van der Waals surface area contributed by atoms with Gasteiger partial charge in [0.15, 0.2) is 0 Å². The number of hydrogen-bond donors (Lipinski definition) is 2. The topological polar surface area (TPSA) is 41.1 Å². The normalized spacial score (nSPS) is 17.4. The van der Waals surface area contributed by atoms with Crippen LogP contribution in [0.25, 0.3) is 0 Å². The Hall–Kier alpha value is -1.00. The van der Waals surface area contributed by atoms with Crippen molar-refractivity contribution in [2.75, 3.05) is 12.3 Å². The lowest BCUT2D eigenvalue weighted by Crippen LogP contribution is -2.47. The fraction of sp³-hybridized carbons (Fsp3) is 0.588. The molecule has 116 valence electrons. The van der Waals surface area contributed by atoms with Crippen LogP contribution < -0.4 is 10.6 Å². The standard InChI is InChI=1S/C17H26N2OS/c1-14(17(20)19-15-8-4-2-5-9-15)18-12-13-21-16-10-6-3-7-11-16/h3,6-7,10-11,14-15,18H,2,4-5,8-9,12-13H2,1H3,(H,19,20). The number of rotatable bonds is 7. The highest BCUT2D eigenvalue weighted by atomic mass is 32.2. The highest BCUT2D eigenvalue weighted by Crippen LogP contribution is 2.17. The predicted octanol–water partition coefficient (Wildman–Crippen LogP) is 3.21. The summed E-state index contributed by atoms with van der Waals surface area (Å²) in [6.07, 6.45) is 6.10. The van der Waals surface area contributed by atoms with Crippen LogP contribution in [0.2, 0.25) is 0 Å². The summed E-state index contributed by atoms with van der Waals surface area (Å²) >= 11 is 1.82. The molecule has 0 saturated heterocycles. The Morgan fingerprint density at radius 1 is 1.24 bits per heavy atom. The molecule has 0 bridgehead atoms. The van der Waals surface area contributed by atoms with Crippen LogP contribution in [0.3, 0.4) is 0 Å². The van der Waals surface area contributed by atoms with Gasteiger partial charge in [-0.2, -0.15) is 0 Å². The Kier molecular flexibility index (Phi) is 7.10. The second-order valence-electron chi connectivity index (χ2n) is 5.68. The summed E-state index contributed by atoms with van der Waals surface area (Å²) in [4.78, 5) is 13.4. The maximum atomic E-state index is 12.1. The fourth-order valence-electron chi connectivity index (χ4n) is 2.63. The van der Waals surface area contributed by atoms with Gasteiger partial charge in [0.25, 0.3) is 0 Å². The quantitative estimate of drug-likeness (QED) is 0.600. The van der Waals surface area contributed by atoms with Crippen molar-refractivity contribution >= 4 is 17.7 Å². The Bertz CT molecular complexity index is 418. The van der Waals surface area contributed by atoms with E-state index in [0.29, 0.717) is 6.04 Å². The van der Waals surface area contributed by atoms with E-state index in [1.54, 1.807) is 0 Å². The highest BCUT2D eigenvalue weighted by molar-refractivity contribution is 7.99. The number of amides is 1. The maximum absolute atomic E-state index is 12.1. The Morgan fingerprint density at radius 3 is 2.67 bits per heavy atom. The number of carbonyl (C=O) groups excluding carboxylic acids is 1. The molecular formula is C17H26N2OS. The van der Waals surface area contributed by atoms with Crippen molar-refractivity contribution in [2.45, 2.75) is 56.0 Å². The molecule has 1 aliphatic rings. The molecule has 0 heterocycles.